The zero-order valence-corrected chi connectivity index (χ0v) is 22.8. The molecule has 2 aromatic carbocycles. The SMILES string of the molecule is COc1ccccc1N1CCN(c2ccc(S(=O)(=O)[N-]C(=O)c3ccc(F)cc3Cl)cn2)CC1.[Na+]. The maximum atomic E-state index is 13.2. The smallest absolute Gasteiger partial charge is 0.537 e. The minimum Gasteiger partial charge on any atom is -0.537 e. The first-order valence-electron chi connectivity index (χ1n) is 10.3. The Labute approximate surface area is 230 Å². The van der Waals surface area contributed by atoms with Gasteiger partial charge in [0.15, 0.2) is 0 Å². The molecule has 3 aromatic rings. The van der Waals surface area contributed by atoms with Gasteiger partial charge >= 0.3 is 29.6 Å². The maximum Gasteiger partial charge on any atom is 1.00 e. The molecule has 0 spiro atoms. The van der Waals surface area contributed by atoms with E-state index in [0.717, 1.165) is 42.7 Å². The van der Waals surface area contributed by atoms with Crippen molar-refractivity contribution in [2.75, 3.05) is 43.1 Å². The zero-order chi connectivity index (χ0) is 24.3. The number of sulfonamides is 1. The Balaban J connectivity index is 0.00000342. The van der Waals surface area contributed by atoms with Gasteiger partial charge < -0.3 is 24.1 Å². The van der Waals surface area contributed by atoms with Gasteiger partial charge in [0.1, 0.15) is 27.4 Å². The van der Waals surface area contributed by atoms with E-state index in [0.29, 0.717) is 18.9 Å². The van der Waals surface area contributed by atoms with Gasteiger partial charge in [-0.2, -0.15) is 0 Å². The number of pyridine rings is 1. The van der Waals surface area contributed by atoms with Crippen molar-refractivity contribution in [2.24, 2.45) is 0 Å². The molecule has 8 nitrogen and oxygen atoms in total. The summed E-state index contributed by atoms with van der Waals surface area (Å²) in [7, 11) is -2.67. The van der Waals surface area contributed by atoms with E-state index in [1.54, 1.807) is 13.2 Å². The van der Waals surface area contributed by atoms with E-state index in [2.05, 4.69) is 14.6 Å². The summed E-state index contributed by atoms with van der Waals surface area (Å²) in [6.07, 6.45) is 1.17. The molecule has 178 valence electrons. The van der Waals surface area contributed by atoms with Crippen molar-refractivity contribution in [3.05, 3.63) is 81.9 Å². The number of halogens is 2. The summed E-state index contributed by atoms with van der Waals surface area (Å²) in [4.78, 5) is 20.6. The number of anilines is 2. The van der Waals surface area contributed by atoms with Crippen LogP contribution in [0.25, 0.3) is 4.72 Å². The van der Waals surface area contributed by atoms with Crippen LogP contribution in [0.15, 0.2) is 65.7 Å². The molecule has 1 amide bonds. The standard InChI is InChI=1S/C23H22ClFN4O4S.Na/c1-33-21-5-3-2-4-20(21)28-10-12-29(13-11-28)22-9-7-17(15-26-22)34(31,32)27-23(30)18-8-6-16(25)14-19(18)24;/h2-9,14-15H,10-13H2,1H3,(H,27,30);/q;+1/p-1. The van der Waals surface area contributed by atoms with Crippen LogP contribution in [0.4, 0.5) is 15.9 Å². The first-order valence-corrected chi connectivity index (χ1v) is 12.2. The number of hydrogen-bond acceptors (Lipinski definition) is 7. The average molecular weight is 527 g/mol. The number of rotatable bonds is 6. The first kappa shape index (κ1) is 27.2. The van der Waals surface area contributed by atoms with Gasteiger partial charge in [0.2, 0.25) is 0 Å². The van der Waals surface area contributed by atoms with Crippen molar-refractivity contribution in [2.45, 2.75) is 4.90 Å². The summed E-state index contributed by atoms with van der Waals surface area (Å²) in [5.41, 5.74) is 0.815. The molecule has 0 N–H and O–H groups in total. The second-order valence-corrected chi connectivity index (χ2v) is 9.51. The fourth-order valence-electron chi connectivity index (χ4n) is 3.65. The van der Waals surface area contributed by atoms with Crippen molar-refractivity contribution < 1.29 is 51.9 Å². The molecule has 1 aromatic heterocycles. The van der Waals surface area contributed by atoms with E-state index in [9.17, 15) is 17.6 Å². The molecule has 1 aliphatic rings. The van der Waals surface area contributed by atoms with Crippen molar-refractivity contribution in [1.29, 1.82) is 0 Å². The summed E-state index contributed by atoms with van der Waals surface area (Å²) in [6, 6.07) is 13.8. The quantitative estimate of drug-likeness (QED) is 0.444. The second-order valence-electron chi connectivity index (χ2n) is 7.49. The molecule has 0 aliphatic carbocycles. The molecule has 0 saturated carbocycles. The van der Waals surface area contributed by atoms with Gasteiger partial charge in [-0.05, 0) is 42.5 Å². The molecule has 4 rings (SSSR count). The molecular weight excluding hydrogens is 506 g/mol. The molecular formula is C23H21ClFN4NaO4S. The van der Waals surface area contributed by atoms with Gasteiger partial charge in [-0.15, -0.1) is 0 Å². The fraction of sp³-hybridized carbons (Fsp3) is 0.217. The molecule has 12 heteroatoms. The number of piperazine rings is 1. The monoisotopic (exact) mass is 526 g/mol. The molecule has 1 saturated heterocycles. The summed E-state index contributed by atoms with van der Waals surface area (Å²) < 4.78 is 47.0. The summed E-state index contributed by atoms with van der Waals surface area (Å²) >= 11 is 5.83. The fourth-order valence-corrected chi connectivity index (χ4v) is 4.75. The number of methoxy groups -OCH3 is 1. The Kier molecular flexibility index (Phi) is 9.00. The van der Waals surface area contributed by atoms with Crippen LogP contribution in [0.3, 0.4) is 0 Å². The third-order valence-corrected chi connectivity index (χ3v) is 6.97. The number of ether oxygens (including phenoxy) is 1. The Morgan fingerprint density at radius 3 is 2.37 bits per heavy atom. The van der Waals surface area contributed by atoms with Gasteiger partial charge in [0, 0.05) is 37.9 Å². The third-order valence-electron chi connectivity index (χ3n) is 5.41. The van der Waals surface area contributed by atoms with Crippen LogP contribution in [0.1, 0.15) is 10.4 Å². The van der Waals surface area contributed by atoms with Crippen LogP contribution in [0.2, 0.25) is 5.02 Å². The van der Waals surface area contributed by atoms with Gasteiger partial charge in [-0.25, -0.2) is 17.8 Å². The number of carbonyl (C=O) groups excluding carboxylic acids is 1. The number of amides is 1. The Hall–Kier alpha value is -2.37. The zero-order valence-electron chi connectivity index (χ0n) is 19.2. The molecule has 0 bridgehead atoms. The third kappa shape index (κ3) is 6.25. The minimum atomic E-state index is -4.31. The second kappa shape index (κ2) is 11.6. The van der Waals surface area contributed by atoms with Crippen LogP contribution >= 0.6 is 11.6 Å². The van der Waals surface area contributed by atoms with Gasteiger partial charge in [-0.1, -0.05) is 23.7 Å². The normalized spacial score (nSPS) is 13.7. The number of nitrogens with zero attached hydrogens (tertiary/aromatic N) is 4. The number of aromatic nitrogens is 1. The molecule has 1 fully saturated rings. The van der Waals surface area contributed by atoms with Crippen LogP contribution < -0.4 is 44.1 Å². The molecule has 0 radical (unpaired) electrons. The predicted molar refractivity (Wildman–Crippen MR) is 128 cm³/mol. The van der Waals surface area contributed by atoms with Crippen molar-refractivity contribution in [3.63, 3.8) is 0 Å². The Bertz CT molecular complexity index is 1300. The largest absolute Gasteiger partial charge is 1.00 e. The Morgan fingerprint density at radius 2 is 1.74 bits per heavy atom. The summed E-state index contributed by atoms with van der Waals surface area (Å²) in [5, 5.41) is -0.218. The molecule has 35 heavy (non-hydrogen) atoms. The molecule has 0 atom stereocenters. The number of benzene rings is 2. The predicted octanol–water partition coefficient (Wildman–Crippen LogP) is 1.12. The van der Waals surface area contributed by atoms with Gasteiger partial charge in [0.25, 0.3) is 0 Å². The van der Waals surface area contributed by atoms with E-state index in [-0.39, 0.29) is 45.0 Å². The summed E-state index contributed by atoms with van der Waals surface area (Å²) in [5.74, 6) is -0.301. The van der Waals surface area contributed by atoms with E-state index >= 15 is 0 Å². The number of carbonyl (C=O) groups is 1. The van der Waals surface area contributed by atoms with E-state index in [1.807, 2.05) is 29.2 Å². The first-order chi connectivity index (χ1) is 16.3. The summed E-state index contributed by atoms with van der Waals surface area (Å²) in [6.45, 7) is 2.85. The van der Waals surface area contributed by atoms with Crippen LogP contribution in [-0.2, 0) is 10.0 Å². The van der Waals surface area contributed by atoms with Gasteiger partial charge in [0.05, 0.1) is 28.6 Å². The minimum absolute atomic E-state index is 0. The van der Waals surface area contributed by atoms with Crippen LogP contribution in [0, 0.1) is 5.82 Å². The van der Waals surface area contributed by atoms with Crippen LogP contribution in [-0.4, -0.2) is 52.6 Å². The average Bonchev–Trinajstić information content (AvgIpc) is 2.84. The molecule has 2 heterocycles. The topological polar surface area (TPSA) is 93.9 Å². The van der Waals surface area contributed by atoms with E-state index in [4.69, 9.17) is 16.3 Å². The van der Waals surface area contributed by atoms with Crippen molar-refractivity contribution >= 4 is 39.0 Å². The van der Waals surface area contributed by atoms with Crippen molar-refractivity contribution in [1.82, 2.24) is 4.98 Å². The van der Waals surface area contributed by atoms with Gasteiger partial charge in [-0.3, -0.25) is 0 Å². The van der Waals surface area contributed by atoms with Crippen LogP contribution in [0.5, 0.6) is 5.75 Å². The number of hydrogen-bond donors (Lipinski definition) is 0. The maximum absolute atomic E-state index is 13.2. The molecule has 0 unspecified atom stereocenters. The van der Waals surface area contributed by atoms with E-state index in [1.165, 1.54) is 12.3 Å². The van der Waals surface area contributed by atoms with Crippen molar-refractivity contribution in [3.8, 4) is 5.75 Å². The Morgan fingerprint density at radius 1 is 1.06 bits per heavy atom. The van der Waals surface area contributed by atoms with E-state index < -0.39 is 21.7 Å². The number of para-hydroxylation sites is 2. The molecule has 1 aliphatic heterocycles.